The standard InChI is InChI=1S/C18H21N7/c1-3-13-8-19-18(20-9-13)25-6-4-15-16(5-7-25)21-12-22-17(15)14-10-23-24(2)11-14/h8-12H,3-7H2,1-2H3. The monoisotopic (exact) mass is 335 g/mol. The molecule has 0 saturated carbocycles. The molecule has 1 aliphatic rings. The summed E-state index contributed by atoms with van der Waals surface area (Å²) in [7, 11) is 1.92. The van der Waals surface area contributed by atoms with E-state index < -0.39 is 0 Å². The van der Waals surface area contributed by atoms with Crippen LogP contribution in [0.2, 0.25) is 0 Å². The zero-order chi connectivity index (χ0) is 17.2. The lowest BCUT2D eigenvalue weighted by Gasteiger charge is -2.19. The van der Waals surface area contributed by atoms with Gasteiger partial charge in [0, 0.05) is 62.0 Å². The summed E-state index contributed by atoms with van der Waals surface area (Å²) < 4.78 is 1.80. The first-order valence-electron chi connectivity index (χ1n) is 8.62. The van der Waals surface area contributed by atoms with Crippen molar-refractivity contribution < 1.29 is 0 Å². The molecule has 0 aliphatic carbocycles. The summed E-state index contributed by atoms with van der Waals surface area (Å²) in [6, 6.07) is 0. The average Bonchev–Trinajstić information content (AvgIpc) is 2.96. The van der Waals surface area contributed by atoms with Crippen molar-refractivity contribution in [3.8, 4) is 11.3 Å². The highest BCUT2D eigenvalue weighted by Gasteiger charge is 2.21. The smallest absolute Gasteiger partial charge is 0.225 e. The quantitative estimate of drug-likeness (QED) is 0.727. The summed E-state index contributed by atoms with van der Waals surface area (Å²) in [6.07, 6.45) is 12.0. The second-order valence-electron chi connectivity index (χ2n) is 6.28. The molecular weight excluding hydrogens is 314 g/mol. The van der Waals surface area contributed by atoms with Crippen LogP contribution in [-0.4, -0.2) is 42.8 Å². The molecule has 0 spiro atoms. The summed E-state index contributed by atoms with van der Waals surface area (Å²) in [4.78, 5) is 20.3. The Morgan fingerprint density at radius 1 is 1.00 bits per heavy atom. The third-order valence-corrected chi connectivity index (χ3v) is 4.65. The third kappa shape index (κ3) is 3.09. The molecular formula is C18H21N7. The van der Waals surface area contributed by atoms with Gasteiger partial charge in [0.05, 0.1) is 11.9 Å². The number of anilines is 1. The molecule has 4 rings (SSSR count). The van der Waals surface area contributed by atoms with Crippen molar-refractivity contribution in [1.29, 1.82) is 0 Å². The molecule has 0 aromatic carbocycles. The van der Waals surface area contributed by atoms with E-state index in [9.17, 15) is 0 Å². The molecule has 0 saturated heterocycles. The number of hydrogen-bond donors (Lipinski definition) is 0. The van der Waals surface area contributed by atoms with Gasteiger partial charge in [-0.05, 0) is 18.4 Å². The number of aromatic nitrogens is 6. The fraction of sp³-hybridized carbons (Fsp3) is 0.389. The highest BCUT2D eigenvalue weighted by atomic mass is 15.2. The van der Waals surface area contributed by atoms with Crippen molar-refractivity contribution >= 4 is 5.95 Å². The summed E-state index contributed by atoms with van der Waals surface area (Å²) >= 11 is 0. The SMILES string of the molecule is CCc1cnc(N2CCc3ncnc(-c4cnn(C)c4)c3CC2)nc1. The minimum Gasteiger partial charge on any atom is -0.340 e. The Kier molecular flexibility index (Phi) is 4.13. The Bertz CT molecular complexity index is 869. The largest absolute Gasteiger partial charge is 0.340 e. The van der Waals surface area contributed by atoms with Crippen molar-refractivity contribution in [2.45, 2.75) is 26.2 Å². The molecule has 0 bridgehead atoms. The Balaban J connectivity index is 1.61. The zero-order valence-corrected chi connectivity index (χ0v) is 14.6. The molecule has 0 N–H and O–H groups in total. The molecule has 7 heteroatoms. The van der Waals surface area contributed by atoms with Gasteiger partial charge in [0.2, 0.25) is 5.95 Å². The lowest BCUT2D eigenvalue weighted by molar-refractivity contribution is 0.767. The molecule has 3 aromatic rings. The van der Waals surface area contributed by atoms with Crippen LogP contribution in [0.3, 0.4) is 0 Å². The van der Waals surface area contributed by atoms with E-state index in [1.54, 1.807) is 11.0 Å². The van der Waals surface area contributed by atoms with E-state index in [2.05, 4.69) is 36.9 Å². The van der Waals surface area contributed by atoms with E-state index in [-0.39, 0.29) is 0 Å². The van der Waals surface area contributed by atoms with Crippen LogP contribution in [0.4, 0.5) is 5.95 Å². The minimum atomic E-state index is 0.792. The molecule has 0 fully saturated rings. The summed E-state index contributed by atoms with van der Waals surface area (Å²) in [6.45, 7) is 3.83. The first-order chi connectivity index (χ1) is 12.2. The average molecular weight is 335 g/mol. The van der Waals surface area contributed by atoms with Gasteiger partial charge in [-0.25, -0.2) is 19.9 Å². The summed E-state index contributed by atoms with van der Waals surface area (Å²) in [5.41, 5.74) is 5.51. The van der Waals surface area contributed by atoms with Crippen LogP contribution in [-0.2, 0) is 26.3 Å². The number of fused-ring (bicyclic) bond motifs is 1. The Morgan fingerprint density at radius 3 is 2.52 bits per heavy atom. The Morgan fingerprint density at radius 2 is 1.80 bits per heavy atom. The van der Waals surface area contributed by atoms with Gasteiger partial charge in [-0.3, -0.25) is 4.68 Å². The zero-order valence-electron chi connectivity index (χ0n) is 14.6. The van der Waals surface area contributed by atoms with Crippen LogP contribution >= 0.6 is 0 Å². The Hall–Kier alpha value is -2.83. The molecule has 0 radical (unpaired) electrons. The maximum absolute atomic E-state index is 4.53. The molecule has 0 atom stereocenters. The molecule has 0 unspecified atom stereocenters. The predicted octanol–water partition coefficient (Wildman–Crippen LogP) is 1.83. The summed E-state index contributed by atoms with van der Waals surface area (Å²) in [5.74, 6) is 0.792. The minimum absolute atomic E-state index is 0.792. The van der Waals surface area contributed by atoms with Crippen LogP contribution in [0.5, 0.6) is 0 Å². The van der Waals surface area contributed by atoms with E-state index in [1.807, 2.05) is 31.8 Å². The van der Waals surface area contributed by atoms with Gasteiger partial charge in [-0.15, -0.1) is 0 Å². The van der Waals surface area contributed by atoms with Crippen LogP contribution in [0, 0.1) is 0 Å². The van der Waals surface area contributed by atoms with Gasteiger partial charge in [-0.1, -0.05) is 6.92 Å². The van der Waals surface area contributed by atoms with E-state index in [4.69, 9.17) is 0 Å². The van der Waals surface area contributed by atoms with Gasteiger partial charge in [-0.2, -0.15) is 5.10 Å². The highest BCUT2D eigenvalue weighted by Crippen LogP contribution is 2.26. The van der Waals surface area contributed by atoms with Gasteiger partial charge >= 0.3 is 0 Å². The van der Waals surface area contributed by atoms with Gasteiger partial charge in [0.15, 0.2) is 0 Å². The predicted molar refractivity (Wildman–Crippen MR) is 95.3 cm³/mol. The molecule has 7 nitrogen and oxygen atoms in total. The Labute approximate surface area is 146 Å². The van der Waals surface area contributed by atoms with E-state index >= 15 is 0 Å². The maximum Gasteiger partial charge on any atom is 0.225 e. The van der Waals surface area contributed by atoms with Crippen molar-refractivity contribution in [3.05, 3.63) is 47.9 Å². The molecule has 1 aliphatic heterocycles. The fourth-order valence-corrected chi connectivity index (χ4v) is 3.21. The topological polar surface area (TPSA) is 72.6 Å². The van der Waals surface area contributed by atoms with Crippen molar-refractivity contribution in [2.75, 3.05) is 18.0 Å². The van der Waals surface area contributed by atoms with E-state index in [0.717, 1.165) is 60.8 Å². The second-order valence-corrected chi connectivity index (χ2v) is 6.28. The third-order valence-electron chi connectivity index (χ3n) is 4.65. The molecule has 25 heavy (non-hydrogen) atoms. The van der Waals surface area contributed by atoms with Crippen LogP contribution in [0.1, 0.15) is 23.7 Å². The first-order valence-corrected chi connectivity index (χ1v) is 8.62. The van der Waals surface area contributed by atoms with Gasteiger partial charge in [0.25, 0.3) is 0 Å². The normalized spacial score (nSPS) is 14.2. The van der Waals surface area contributed by atoms with Crippen molar-refractivity contribution in [2.24, 2.45) is 7.05 Å². The van der Waals surface area contributed by atoms with Crippen molar-refractivity contribution in [3.63, 3.8) is 0 Å². The van der Waals surface area contributed by atoms with E-state index in [0.29, 0.717) is 0 Å². The van der Waals surface area contributed by atoms with E-state index in [1.165, 1.54) is 5.56 Å². The van der Waals surface area contributed by atoms with Crippen LogP contribution in [0.15, 0.2) is 31.1 Å². The van der Waals surface area contributed by atoms with Crippen LogP contribution < -0.4 is 4.90 Å². The van der Waals surface area contributed by atoms with Crippen molar-refractivity contribution in [1.82, 2.24) is 29.7 Å². The lowest BCUT2D eigenvalue weighted by Crippen LogP contribution is -2.27. The second kappa shape index (κ2) is 6.58. The molecule has 3 aromatic heterocycles. The number of aryl methyl sites for hydroxylation is 2. The first kappa shape index (κ1) is 15.7. The summed E-state index contributed by atoms with van der Waals surface area (Å²) in [5, 5.41) is 4.27. The van der Waals surface area contributed by atoms with Crippen LogP contribution in [0.25, 0.3) is 11.3 Å². The highest BCUT2D eigenvalue weighted by molar-refractivity contribution is 5.62. The molecule has 128 valence electrons. The van der Waals surface area contributed by atoms with Gasteiger partial charge in [0.1, 0.15) is 6.33 Å². The maximum atomic E-state index is 4.53. The fourth-order valence-electron chi connectivity index (χ4n) is 3.21. The number of nitrogens with zero attached hydrogens (tertiary/aromatic N) is 7. The lowest BCUT2D eigenvalue weighted by atomic mass is 10.0. The number of hydrogen-bond acceptors (Lipinski definition) is 6. The molecule has 4 heterocycles. The molecule has 0 amide bonds. The number of rotatable bonds is 3. The van der Waals surface area contributed by atoms with Gasteiger partial charge < -0.3 is 4.90 Å².